The average molecular weight is 741 g/mol. The van der Waals surface area contributed by atoms with Gasteiger partial charge in [-0.1, -0.05) is 213 Å². The van der Waals surface area contributed by atoms with E-state index >= 15 is 0 Å². The van der Waals surface area contributed by atoms with Crippen LogP contribution in [0.3, 0.4) is 0 Å². The summed E-state index contributed by atoms with van der Waals surface area (Å²) in [5, 5.41) is 25.4. The van der Waals surface area contributed by atoms with Crippen LogP contribution in [0.4, 0.5) is 0 Å². The number of aliphatic carboxylic acids is 3. The van der Waals surface area contributed by atoms with Crippen LogP contribution in [0, 0.1) is 0 Å². The van der Waals surface area contributed by atoms with Gasteiger partial charge in [0.2, 0.25) is 0 Å². The van der Waals surface area contributed by atoms with Crippen LogP contribution in [0.1, 0.15) is 252 Å². The summed E-state index contributed by atoms with van der Waals surface area (Å²) >= 11 is 0. The van der Waals surface area contributed by atoms with E-state index in [1.54, 1.807) is 0 Å². The second-order valence-corrected chi connectivity index (χ2v) is 14.0. The topological polar surface area (TPSA) is 112 Å². The van der Waals surface area contributed by atoms with E-state index in [4.69, 9.17) is 15.3 Å². The van der Waals surface area contributed by atoms with Crippen LogP contribution in [0.25, 0.3) is 0 Å². The molecule has 0 spiro atoms. The normalized spacial score (nSPS) is 10.3. The summed E-state index contributed by atoms with van der Waals surface area (Å²) < 4.78 is 0. The predicted octanol–water partition coefficient (Wildman–Crippen LogP) is 14.3. The van der Waals surface area contributed by atoms with E-state index in [9.17, 15) is 14.4 Å². The molecule has 0 unspecified atom stereocenters. The van der Waals surface area contributed by atoms with Gasteiger partial charge in [0.25, 0.3) is 0 Å². The monoisotopic (exact) mass is 741 g/mol. The van der Waals surface area contributed by atoms with Gasteiger partial charge in [-0.15, -0.1) is 0 Å². The maximum Gasteiger partial charge on any atom is 0.303 e. The van der Waals surface area contributed by atoms with Crippen molar-refractivity contribution in [3.8, 4) is 0 Å². The first-order chi connectivity index (χ1) is 23.3. The second-order valence-electron chi connectivity index (χ2n) is 14.0. The molecule has 0 saturated carbocycles. The molecule has 7 heteroatoms. The molecule has 6 nitrogen and oxygen atoms in total. The number of unbranched alkanes of at least 4 members (excludes halogenated alkanes) is 30. The van der Waals surface area contributed by atoms with E-state index in [0.29, 0.717) is 19.3 Å². The van der Waals surface area contributed by atoms with Crippen molar-refractivity contribution in [1.29, 1.82) is 0 Å². The van der Waals surface area contributed by atoms with E-state index in [-0.39, 0.29) is 17.1 Å². The molecule has 49 heavy (non-hydrogen) atoms. The molecule has 0 radical (unpaired) electrons. The standard InChI is InChI=1S/3C14H28O2.Fe/c3*1-2-3-4-5-6-7-8-9-10-11-12-13-14(15)16;/h3*2-13H2,1H3,(H,15,16);. The number of hydrogen-bond donors (Lipinski definition) is 3. The molecule has 0 aliphatic heterocycles. The first-order valence-corrected chi connectivity index (χ1v) is 21.0. The SMILES string of the molecule is CCCCCCCCCCCCCC(=O)O.CCCCCCCCCCCCCC(=O)O.CCCCCCCCCCCCCC(=O)O.[Fe]. The van der Waals surface area contributed by atoms with Crippen LogP contribution < -0.4 is 0 Å². The van der Waals surface area contributed by atoms with Gasteiger partial charge in [0.1, 0.15) is 0 Å². The Morgan fingerprint density at radius 2 is 0.388 bits per heavy atom. The molecule has 0 amide bonds. The number of hydrogen-bond acceptors (Lipinski definition) is 3. The second kappa shape index (κ2) is 51.3. The Bertz CT molecular complexity index is 557. The summed E-state index contributed by atoms with van der Waals surface area (Å²) in [4.78, 5) is 30.8. The molecule has 0 aromatic carbocycles. The molecule has 0 aliphatic rings. The fourth-order valence-corrected chi connectivity index (χ4v) is 5.82. The Balaban J connectivity index is -0.000000307. The Morgan fingerprint density at radius 1 is 0.265 bits per heavy atom. The summed E-state index contributed by atoms with van der Waals surface area (Å²) in [7, 11) is 0. The van der Waals surface area contributed by atoms with Crippen LogP contribution in [0.5, 0.6) is 0 Å². The zero-order chi connectivity index (χ0) is 36.2. The van der Waals surface area contributed by atoms with Gasteiger partial charge in [0.15, 0.2) is 0 Å². The van der Waals surface area contributed by atoms with Crippen molar-refractivity contribution in [3.05, 3.63) is 0 Å². The predicted molar refractivity (Wildman–Crippen MR) is 206 cm³/mol. The average Bonchev–Trinajstić information content (AvgIpc) is 3.05. The summed E-state index contributed by atoms with van der Waals surface area (Å²) in [6.45, 7) is 6.74. The van der Waals surface area contributed by atoms with Crippen molar-refractivity contribution >= 4 is 17.9 Å². The van der Waals surface area contributed by atoms with Crippen LogP contribution >= 0.6 is 0 Å². The molecule has 0 rings (SSSR count). The molecule has 0 atom stereocenters. The molecule has 0 aromatic rings. The number of carboxylic acids is 3. The van der Waals surface area contributed by atoms with Crippen molar-refractivity contribution in [3.63, 3.8) is 0 Å². The summed E-state index contributed by atoms with van der Waals surface area (Å²) in [6, 6.07) is 0. The molecule has 3 N–H and O–H groups in total. The number of rotatable bonds is 36. The van der Waals surface area contributed by atoms with Crippen molar-refractivity contribution in [2.45, 2.75) is 252 Å². The zero-order valence-corrected chi connectivity index (χ0v) is 34.0. The third-order valence-corrected chi connectivity index (χ3v) is 8.98. The largest absolute Gasteiger partial charge is 0.481 e. The Hall–Kier alpha value is -1.07. The first kappa shape index (κ1) is 54.7. The van der Waals surface area contributed by atoms with Crippen molar-refractivity contribution in [1.82, 2.24) is 0 Å². The Labute approximate surface area is 315 Å². The van der Waals surface area contributed by atoms with Gasteiger partial charge < -0.3 is 15.3 Å². The minimum absolute atomic E-state index is 0. The minimum atomic E-state index is -0.657. The van der Waals surface area contributed by atoms with E-state index in [1.165, 1.54) is 173 Å². The van der Waals surface area contributed by atoms with Crippen molar-refractivity contribution in [2.75, 3.05) is 0 Å². The van der Waals surface area contributed by atoms with Gasteiger partial charge in [-0.3, -0.25) is 14.4 Å². The van der Waals surface area contributed by atoms with E-state index < -0.39 is 17.9 Å². The fourth-order valence-electron chi connectivity index (χ4n) is 5.82. The van der Waals surface area contributed by atoms with Crippen LogP contribution in [-0.4, -0.2) is 33.2 Å². The molecule has 0 saturated heterocycles. The summed E-state index contributed by atoms with van der Waals surface area (Å²) in [5.74, 6) is -1.97. The fraction of sp³-hybridized carbons (Fsp3) is 0.929. The molecule has 0 bridgehead atoms. The van der Waals surface area contributed by atoms with Crippen molar-refractivity contribution < 1.29 is 46.8 Å². The summed E-state index contributed by atoms with van der Waals surface area (Å²) in [5.41, 5.74) is 0. The summed E-state index contributed by atoms with van der Waals surface area (Å²) in [6.07, 6.45) is 43.1. The smallest absolute Gasteiger partial charge is 0.303 e. The molecule has 0 fully saturated rings. The van der Waals surface area contributed by atoms with Crippen LogP contribution in [0.2, 0.25) is 0 Å². The Kier molecular flexibility index (Phi) is 57.3. The zero-order valence-electron chi connectivity index (χ0n) is 32.9. The van der Waals surface area contributed by atoms with Crippen molar-refractivity contribution in [2.24, 2.45) is 0 Å². The van der Waals surface area contributed by atoms with Gasteiger partial charge in [-0.05, 0) is 19.3 Å². The van der Waals surface area contributed by atoms with Crippen LogP contribution in [0.15, 0.2) is 0 Å². The van der Waals surface area contributed by atoms with Crippen LogP contribution in [-0.2, 0) is 31.5 Å². The van der Waals surface area contributed by atoms with E-state index in [1.807, 2.05) is 0 Å². The minimum Gasteiger partial charge on any atom is -0.481 e. The molecule has 0 aromatic heterocycles. The quantitative estimate of drug-likeness (QED) is 0.0435. The molecular weight excluding hydrogens is 656 g/mol. The molecule has 296 valence electrons. The third kappa shape index (κ3) is 65.8. The third-order valence-electron chi connectivity index (χ3n) is 8.98. The van der Waals surface area contributed by atoms with Gasteiger partial charge in [-0.2, -0.15) is 0 Å². The molecule has 0 heterocycles. The maximum absolute atomic E-state index is 10.3. The maximum atomic E-state index is 10.3. The van der Waals surface area contributed by atoms with Gasteiger partial charge >= 0.3 is 17.9 Å². The molecule has 0 aliphatic carbocycles. The Morgan fingerprint density at radius 3 is 0.510 bits per heavy atom. The van der Waals surface area contributed by atoms with E-state index in [2.05, 4.69) is 20.8 Å². The first-order valence-electron chi connectivity index (χ1n) is 21.0. The van der Waals surface area contributed by atoms with E-state index in [0.717, 1.165) is 38.5 Å². The molecular formula is C42H84FeO6. The van der Waals surface area contributed by atoms with Gasteiger partial charge in [-0.25, -0.2) is 0 Å². The van der Waals surface area contributed by atoms with Gasteiger partial charge in [0.05, 0.1) is 0 Å². The van der Waals surface area contributed by atoms with Gasteiger partial charge in [0, 0.05) is 36.3 Å². The number of carboxylic acid groups (broad SMARTS) is 3. The number of carbonyl (C=O) groups is 3.